The van der Waals surface area contributed by atoms with Gasteiger partial charge in [-0.3, -0.25) is 4.79 Å². The van der Waals surface area contributed by atoms with Gasteiger partial charge in [-0.25, -0.2) is 0 Å². The van der Waals surface area contributed by atoms with Crippen LogP contribution >= 0.6 is 0 Å². The molecule has 2 rings (SSSR count). The van der Waals surface area contributed by atoms with Gasteiger partial charge in [0.15, 0.2) is 5.69 Å². The van der Waals surface area contributed by atoms with E-state index >= 15 is 0 Å². The molecule has 0 aliphatic carbocycles. The zero-order valence-electron chi connectivity index (χ0n) is 14.2. The van der Waals surface area contributed by atoms with E-state index in [9.17, 15) is 4.79 Å². The third kappa shape index (κ3) is 4.58. The second kappa shape index (κ2) is 7.81. The summed E-state index contributed by atoms with van der Waals surface area (Å²) in [6.45, 7) is 8.83. The lowest BCUT2D eigenvalue weighted by Crippen LogP contribution is -2.28. The number of hydrogen-bond acceptors (Lipinski definition) is 4. The number of carbonyl (C=O) groups excluding carboxylic acids is 1. The molecule has 124 valence electrons. The van der Waals surface area contributed by atoms with Crippen molar-refractivity contribution in [2.75, 3.05) is 6.54 Å². The fraction of sp³-hybridized carbons (Fsp3) is 0.444. The molecule has 0 spiro atoms. The maximum Gasteiger partial charge on any atom is 0.273 e. The number of ether oxygens (including phenoxy) is 1. The molecule has 0 atom stereocenters. The summed E-state index contributed by atoms with van der Waals surface area (Å²) in [6.07, 6.45) is 0.991. The normalized spacial score (nSPS) is 10.8. The number of carbonyl (C=O) groups is 1. The maximum atomic E-state index is 12.2. The van der Waals surface area contributed by atoms with Crippen molar-refractivity contribution in [1.29, 1.82) is 0 Å². The van der Waals surface area contributed by atoms with Crippen molar-refractivity contribution in [2.45, 2.75) is 40.7 Å². The van der Waals surface area contributed by atoms with Crippen molar-refractivity contribution >= 4 is 5.91 Å². The first-order valence-corrected chi connectivity index (χ1v) is 7.96. The van der Waals surface area contributed by atoms with E-state index in [1.807, 2.05) is 38.1 Å². The average molecular weight is 316 g/mol. The lowest BCUT2D eigenvalue weighted by atomic mass is 10.1. The molecule has 0 unspecified atom stereocenters. The smallest absolute Gasteiger partial charge is 0.273 e. The lowest BCUT2D eigenvalue weighted by Gasteiger charge is -2.09. The first-order chi connectivity index (χ1) is 11.0. The van der Waals surface area contributed by atoms with Crippen LogP contribution in [0.1, 0.15) is 48.1 Å². The summed E-state index contributed by atoms with van der Waals surface area (Å²) in [5, 5.41) is 6.71. The molecular formula is C18H24N2O3. The Kier molecular flexibility index (Phi) is 5.79. The van der Waals surface area contributed by atoms with Gasteiger partial charge in [-0.15, -0.1) is 0 Å². The molecule has 1 aromatic carbocycles. The van der Waals surface area contributed by atoms with Crippen LogP contribution in [0.15, 0.2) is 28.8 Å². The van der Waals surface area contributed by atoms with Gasteiger partial charge >= 0.3 is 0 Å². The molecule has 1 N–H and O–H groups in total. The molecule has 0 saturated carbocycles. The number of amides is 1. The van der Waals surface area contributed by atoms with Crippen molar-refractivity contribution in [3.63, 3.8) is 0 Å². The van der Waals surface area contributed by atoms with Crippen molar-refractivity contribution in [3.05, 3.63) is 46.8 Å². The van der Waals surface area contributed by atoms with Gasteiger partial charge in [-0.1, -0.05) is 38.1 Å². The summed E-state index contributed by atoms with van der Waals surface area (Å²) < 4.78 is 10.9. The molecule has 0 aliphatic heterocycles. The van der Waals surface area contributed by atoms with Crippen LogP contribution in [0, 0.1) is 12.8 Å². The molecular weight excluding hydrogens is 292 g/mol. The molecule has 0 fully saturated rings. The first-order valence-electron chi connectivity index (χ1n) is 7.96. The van der Waals surface area contributed by atoms with Crippen molar-refractivity contribution in [2.24, 2.45) is 5.92 Å². The number of hydrogen-bond donors (Lipinski definition) is 1. The number of benzene rings is 1. The van der Waals surface area contributed by atoms with Crippen LogP contribution in [-0.4, -0.2) is 17.6 Å². The van der Waals surface area contributed by atoms with Crippen LogP contribution in [0.4, 0.5) is 0 Å². The fourth-order valence-corrected chi connectivity index (χ4v) is 2.10. The highest BCUT2D eigenvalue weighted by atomic mass is 16.5. The van der Waals surface area contributed by atoms with Gasteiger partial charge in [0.1, 0.15) is 18.1 Å². The van der Waals surface area contributed by atoms with E-state index < -0.39 is 0 Å². The van der Waals surface area contributed by atoms with E-state index in [4.69, 9.17) is 9.26 Å². The third-order valence-electron chi connectivity index (χ3n) is 3.59. The monoisotopic (exact) mass is 316 g/mol. The molecule has 5 heteroatoms. The van der Waals surface area contributed by atoms with Crippen molar-refractivity contribution in [1.82, 2.24) is 10.5 Å². The highest BCUT2D eigenvalue weighted by Crippen LogP contribution is 2.18. The number of nitrogens with zero attached hydrogens (tertiary/aromatic N) is 1. The second-order valence-corrected chi connectivity index (χ2v) is 5.96. The molecule has 0 radical (unpaired) electrons. The topological polar surface area (TPSA) is 64.4 Å². The van der Waals surface area contributed by atoms with Crippen LogP contribution in [0.25, 0.3) is 0 Å². The number of aromatic nitrogens is 1. The van der Waals surface area contributed by atoms with Gasteiger partial charge in [0.05, 0.1) is 5.56 Å². The lowest BCUT2D eigenvalue weighted by molar-refractivity contribution is 0.0937. The maximum absolute atomic E-state index is 12.2. The molecule has 0 bridgehead atoms. The fourth-order valence-electron chi connectivity index (χ4n) is 2.10. The third-order valence-corrected chi connectivity index (χ3v) is 3.59. The van der Waals surface area contributed by atoms with Crippen LogP contribution < -0.4 is 10.1 Å². The summed E-state index contributed by atoms with van der Waals surface area (Å²) in [5.41, 5.74) is 2.24. The van der Waals surface area contributed by atoms with E-state index in [2.05, 4.69) is 17.4 Å². The van der Waals surface area contributed by atoms with Gasteiger partial charge in [-0.05, 0) is 37.0 Å². The largest absolute Gasteiger partial charge is 0.489 e. The number of rotatable bonds is 7. The SMILES string of the molecule is CCc1ccc(OCc2c(C(=O)NCC(C)C)noc2C)cc1. The molecule has 1 heterocycles. The highest BCUT2D eigenvalue weighted by Gasteiger charge is 2.20. The minimum Gasteiger partial charge on any atom is -0.489 e. The zero-order chi connectivity index (χ0) is 16.8. The highest BCUT2D eigenvalue weighted by molar-refractivity contribution is 5.93. The number of aryl methyl sites for hydroxylation is 2. The number of nitrogens with one attached hydrogen (secondary N) is 1. The Hall–Kier alpha value is -2.30. The molecule has 2 aromatic rings. The quantitative estimate of drug-likeness (QED) is 0.849. The Bertz CT molecular complexity index is 645. The predicted molar refractivity (Wildman–Crippen MR) is 88.6 cm³/mol. The molecule has 0 aliphatic rings. The molecule has 1 aromatic heterocycles. The van der Waals surface area contributed by atoms with Crippen molar-refractivity contribution < 1.29 is 14.1 Å². The Balaban J connectivity index is 2.04. The summed E-state index contributed by atoms with van der Waals surface area (Å²) in [7, 11) is 0. The van der Waals surface area contributed by atoms with E-state index in [-0.39, 0.29) is 12.5 Å². The second-order valence-electron chi connectivity index (χ2n) is 5.96. The van der Waals surface area contributed by atoms with Gasteiger partial charge in [0, 0.05) is 6.54 Å². The van der Waals surface area contributed by atoms with Crippen LogP contribution in [0.2, 0.25) is 0 Å². The predicted octanol–water partition coefficient (Wildman–Crippen LogP) is 3.51. The first kappa shape index (κ1) is 17.1. The van der Waals surface area contributed by atoms with E-state index in [1.54, 1.807) is 6.92 Å². The summed E-state index contributed by atoms with van der Waals surface area (Å²) in [4.78, 5) is 12.2. The summed E-state index contributed by atoms with van der Waals surface area (Å²) in [5.74, 6) is 1.51. The zero-order valence-corrected chi connectivity index (χ0v) is 14.2. The molecule has 23 heavy (non-hydrogen) atoms. The van der Waals surface area contributed by atoms with Gasteiger partial charge in [-0.2, -0.15) is 0 Å². The van der Waals surface area contributed by atoms with Gasteiger partial charge < -0.3 is 14.6 Å². The van der Waals surface area contributed by atoms with Crippen LogP contribution in [-0.2, 0) is 13.0 Å². The molecule has 0 saturated heterocycles. The Morgan fingerprint density at radius 2 is 2.00 bits per heavy atom. The van der Waals surface area contributed by atoms with E-state index in [0.717, 1.165) is 12.2 Å². The van der Waals surface area contributed by atoms with Gasteiger partial charge in [0.2, 0.25) is 0 Å². The summed E-state index contributed by atoms with van der Waals surface area (Å²) in [6, 6.07) is 7.93. The van der Waals surface area contributed by atoms with Crippen LogP contribution in [0.5, 0.6) is 5.75 Å². The molecule has 5 nitrogen and oxygen atoms in total. The van der Waals surface area contributed by atoms with E-state index in [1.165, 1.54) is 5.56 Å². The Labute approximate surface area is 137 Å². The van der Waals surface area contributed by atoms with Crippen molar-refractivity contribution in [3.8, 4) is 5.75 Å². The standard InChI is InChI=1S/C18H24N2O3/c1-5-14-6-8-15(9-7-14)22-11-16-13(4)23-20-17(16)18(21)19-10-12(2)3/h6-9,12H,5,10-11H2,1-4H3,(H,19,21). The average Bonchev–Trinajstić information content (AvgIpc) is 2.92. The van der Waals surface area contributed by atoms with Gasteiger partial charge in [0.25, 0.3) is 5.91 Å². The minimum absolute atomic E-state index is 0.226. The Morgan fingerprint density at radius 3 is 2.61 bits per heavy atom. The minimum atomic E-state index is -0.226. The van der Waals surface area contributed by atoms with E-state index in [0.29, 0.717) is 29.5 Å². The Morgan fingerprint density at radius 1 is 1.30 bits per heavy atom. The summed E-state index contributed by atoms with van der Waals surface area (Å²) >= 11 is 0. The molecule has 1 amide bonds. The van der Waals surface area contributed by atoms with Crippen LogP contribution in [0.3, 0.4) is 0 Å².